The normalized spacial score (nSPS) is 16.6. The Hall–Kier alpha value is -3.44. The van der Waals surface area contributed by atoms with Gasteiger partial charge >= 0.3 is 0 Å². The van der Waals surface area contributed by atoms with Gasteiger partial charge in [0.05, 0.1) is 6.61 Å². The monoisotopic (exact) mass is 463 g/mol. The van der Waals surface area contributed by atoms with Crippen LogP contribution in [-0.4, -0.2) is 54.5 Å². The highest BCUT2D eigenvalue weighted by Gasteiger charge is 2.40. The molecule has 2 heterocycles. The van der Waals surface area contributed by atoms with Crippen LogP contribution in [0.2, 0.25) is 0 Å². The van der Waals surface area contributed by atoms with E-state index in [1.807, 2.05) is 24.3 Å². The van der Waals surface area contributed by atoms with E-state index < -0.39 is 12.1 Å². The summed E-state index contributed by atoms with van der Waals surface area (Å²) >= 11 is 0. The van der Waals surface area contributed by atoms with E-state index in [1.165, 1.54) is 9.80 Å². The average Bonchev–Trinajstić information content (AvgIpc) is 3.31. The number of ether oxygens (including phenoxy) is 1. The van der Waals surface area contributed by atoms with E-state index in [1.54, 1.807) is 31.6 Å². The summed E-state index contributed by atoms with van der Waals surface area (Å²) in [5.74, 6) is -0.613. The van der Waals surface area contributed by atoms with Gasteiger partial charge in [-0.25, -0.2) is 0 Å². The smallest absolute Gasteiger partial charge is 0.251 e. The molecular formula is C26H33N5O3. The molecule has 1 N–H and O–H groups in total. The second-order valence-electron chi connectivity index (χ2n) is 9.43. The van der Waals surface area contributed by atoms with Crippen molar-refractivity contribution in [2.45, 2.75) is 51.1 Å². The lowest BCUT2D eigenvalue weighted by atomic mass is 9.87. The predicted octanol–water partition coefficient (Wildman–Crippen LogP) is 3.16. The summed E-state index contributed by atoms with van der Waals surface area (Å²) in [5.41, 5.74) is 2.24. The number of benzene rings is 1. The zero-order valence-corrected chi connectivity index (χ0v) is 20.3. The van der Waals surface area contributed by atoms with E-state index in [4.69, 9.17) is 4.74 Å². The fourth-order valence-electron chi connectivity index (χ4n) is 4.16. The number of methoxy groups -OCH3 is 1. The van der Waals surface area contributed by atoms with Gasteiger partial charge in [0.2, 0.25) is 5.91 Å². The number of nitriles is 1. The Morgan fingerprint density at radius 3 is 2.62 bits per heavy atom. The van der Waals surface area contributed by atoms with Crippen molar-refractivity contribution in [2.75, 3.05) is 31.7 Å². The molecule has 1 saturated heterocycles. The number of rotatable bonds is 8. The Labute approximate surface area is 201 Å². The van der Waals surface area contributed by atoms with Gasteiger partial charge in [-0.1, -0.05) is 39.0 Å². The van der Waals surface area contributed by atoms with E-state index >= 15 is 0 Å². The first-order chi connectivity index (χ1) is 16.3. The summed E-state index contributed by atoms with van der Waals surface area (Å²) < 4.78 is 5.07. The molecule has 2 aromatic rings. The van der Waals surface area contributed by atoms with Crippen LogP contribution in [0, 0.1) is 11.5 Å². The molecule has 8 heteroatoms. The number of anilines is 1. The summed E-state index contributed by atoms with van der Waals surface area (Å²) in [7, 11) is 1.56. The molecule has 34 heavy (non-hydrogen) atoms. The molecule has 2 atom stereocenters. The maximum atomic E-state index is 14.0. The number of hydrogen-bond acceptors (Lipinski definition) is 6. The van der Waals surface area contributed by atoms with Gasteiger partial charge in [-0.05, 0) is 42.0 Å². The van der Waals surface area contributed by atoms with Gasteiger partial charge in [0, 0.05) is 43.8 Å². The number of likely N-dealkylation sites (tertiary alicyclic amines) is 1. The molecule has 0 spiro atoms. The molecule has 2 unspecified atom stereocenters. The van der Waals surface area contributed by atoms with Gasteiger partial charge in [-0.2, -0.15) is 5.26 Å². The second-order valence-corrected chi connectivity index (χ2v) is 9.43. The Kier molecular flexibility index (Phi) is 8.24. The Balaban J connectivity index is 2.09. The quantitative estimate of drug-likeness (QED) is 0.477. The van der Waals surface area contributed by atoms with Crippen LogP contribution in [0.15, 0.2) is 48.8 Å². The van der Waals surface area contributed by atoms with Crippen LogP contribution >= 0.6 is 0 Å². The number of nitrogens with one attached hydrogen (secondary N) is 1. The molecular weight excluding hydrogens is 430 g/mol. The molecule has 1 aliphatic heterocycles. The molecule has 1 aromatic carbocycles. The number of carbonyl (C=O) groups excluding carboxylic acids is 2. The fourth-order valence-corrected chi connectivity index (χ4v) is 4.16. The highest BCUT2D eigenvalue weighted by Crippen LogP contribution is 2.33. The van der Waals surface area contributed by atoms with Gasteiger partial charge < -0.3 is 10.1 Å². The number of aromatic nitrogens is 1. The van der Waals surface area contributed by atoms with Crippen molar-refractivity contribution in [1.29, 1.82) is 5.26 Å². The Bertz CT molecular complexity index is 1010. The largest absolute Gasteiger partial charge is 0.383 e. The van der Waals surface area contributed by atoms with E-state index in [9.17, 15) is 14.9 Å². The lowest BCUT2D eigenvalue weighted by Gasteiger charge is -2.34. The molecule has 0 radical (unpaired) electrons. The Morgan fingerprint density at radius 2 is 2.03 bits per heavy atom. The number of amides is 2. The first kappa shape index (κ1) is 25.2. The van der Waals surface area contributed by atoms with Crippen molar-refractivity contribution in [2.24, 2.45) is 0 Å². The zero-order chi connectivity index (χ0) is 24.7. The van der Waals surface area contributed by atoms with E-state index in [0.29, 0.717) is 37.4 Å². The second kappa shape index (κ2) is 11.1. The molecule has 1 aromatic heterocycles. The number of carbonyl (C=O) groups is 2. The van der Waals surface area contributed by atoms with Gasteiger partial charge in [0.15, 0.2) is 6.19 Å². The van der Waals surface area contributed by atoms with Gasteiger partial charge in [0.1, 0.15) is 12.1 Å². The highest BCUT2D eigenvalue weighted by molar-refractivity contribution is 6.04. The van der Waals surface area contributed by atoms with Crippen LogP contribution in [0.5, 0.6) is 0 Å². The molecule has 0 aliphatic carbocycles. The highest BCUT2D eigenvalue weighted by atomic mass is 16.5. The summed E-state index contributed by atoms with van der Waals surface area (Å²) in [6.45, 7) is 7.55. The zero-order valence-electron chi connectivity index (χ0n) is 20.3. The lowest BCUT2D eigenvalue weighted by molar-refractivity contribution is -0.128. The van der Waals surface area contributed by atoms with Crippen molar-refractivity contribution in [3.63, 3.8) is 0 Å². The molecule has 8 nitrogen and oxygen atoms in total. The third kappa shape index (κ3) is 5.72. The third-order valence-corrected chi connectivity index (χ3v) is 6.03. The molecule has 0 saturated carbocycles. The van der Waals surface area contributed by atoms with Crippen LogP contribution in [0.1, 0.15) is 50.8 Å². The molecule has 3 rings (SSSR count). The van der Waals surface area contributed by atoms with Crippen molar-refractivity contribution < 1.29 is 14.3 Å². The summed E-state index contributed by atoms with van der Waals surface area (Å²) in [6, 6.07) is 9.68. The topological polar surface area (TPSA) is 98.6 Å². The minimum Gasteiger partial charge on any atom is -0.383 e. The van der Waals surface area contributed by atoms with Gasteiger partial charge in [0.25, 0.3) is 5.91 Å². The minimum absolute atomic E-state index is 0.0588. The van der Waals surface area contributed by atoms with Crippen LogP contribution in [0.4, 0.5) is 5.69 Å². The van der Waals surface area contributed by atoms with E-state index in [-0.39, 0.29) is 17.2 Å². The first-order valence-corrected chi connectivity index (χ1v) is 11.5. The molecule has 2 amide bonds. The van der Waals surface area contributed by atoms with E-state index in [0.717, 1.165) is 12.0 Å². The van der Waals surface area contributed by atoms with Gasteiger partial charge in [-0.3, -0.25) is 24.4 Å². The van der Waals surface area contributed by atoms with Crippen molar-refractivity contribution in [1.82, 2.24) is 15.2 Å². The Morgan fingerprint density at radius 1 is 1.29 bits per heavy atom. The molecule has 180 valence electrons. The number of nitrogens with zero attached hydrogens (tertiary/aromatic N) is 4. The molecule has 0 bridgehead atoms. The molecule has 1 aliphatic rings. The minimum atomic E-state index is -0.945. The lowest BCUT2D eigenvalue weighted by Crippen LogP contribution is -2.50. The van der Waals surface area contributed by atoms with Crippen molar-refractivity contribution in [3.8, 4) is 6.19 Å². The van der Waals surface area contributed by atoms with E-state index in [2.05, 4.69) is 37.3 Å². The van der Waals surface area contributed by atoms with Crippen LogP contribution in [-0.2, 0) is 19.7 Å². The van der Waals surface area contributed by atoms with Crippen molar-refractivity contribution >= 4 is 17.5 Å². The summed E-state index contributed by atoms with van der Waals surface area (Å²) in [5, 5.41) is 12.4. The summed E-state index contributed by atoms with van der Waals surface area (Å²) in [4.78, 5) is 34.6. The average molecular weight is 464 g/mol. The van der Waals surface area contributed by atoms with Crippen LogP contribution in [0.25, 0.3) is 0 Å². The van der Waals surface area contributed by atoms with Crippen molar-refractivity contribution in [3.05, 3.63) is 59.9 Å². The summed E-state index contributed by atoms with van der Waals surface area (Å²) in [6.07, 6.45) is 6.67. The third-order valence-electron chi connectivity index (χ3n) is 6.03. The number of hydrogen-bond donors (Lipinski definition) is 1. The number of pyridine rings is 1. The maximum Gasteiger partial charge on any atom is 0.251 e. The van der Waals surface area contributed by atoms with Crippen LogP contribution < -0.4 is 10.2 Å². The van der Waals surface area contributed by atoms with Crippen LogP contribution in [0.3, 0.4) is 0 Å². The standard InChI is InChI=1S/C26H33N5O3/c1-26(2,3)20-9-11-21(12-10-20)31(25(33)22-8-6-15-30(22)18-27)23(19-7-5-13-28-17-19)24(32)29-14-16-34-4/h5,7,9-13,17,22-23H,6,8,14-16H2,1-4H3,(H,29,32). The molecule has 1 fully saturated rings. The fraction of sp³-hybridized carbons (Fsp3) is 0.462. The predicted molar refractivity (Wildman–Crippen MR) is 130 cm³/mol. The first-order valence-electron chi connectivity index (χ1n) is 11.5. The van der Waals surface area contributed by atoms with Gasteiger partial charge in [-0.15, -0.1) is 0 Å². The SMILES string of the molecule is COCCNC(=O)C(c1cccnc1)N(C(=O)C1CCCN1C#N)c1ccc(C(C)(C)C)cc1. The maximum absolute atomic E-state index is 14.0.